The van der Waals surface area contributed by atoms with Crippen LogP contribution in [0.4, 0.5) is 18.9 Å². The van der Waals surface area contributed by atoms with Crippen molar-refractivity contribution in [1.29, 1.82) is 0 Å². The van der Waals surface area contributed by atoms with E-state index >= 15 is 0 Å². The standard InChI is InChI=1S/C18H16ClF3N2O3/c1-24(8-11-2-5-15-16(6-11)27-10-26-15)9-17(25)23-14-7-12(18(20,21)22)3-4-13(14)19/h2-7H,8-10H2,1H3,(H,23,25)/p+1. The molecule has 2 N–H and O–H groups in total. The van der Waals surface area contributed by atoms with E-state index in [1.54, 1.807) is 13.1 Å². The van der Waals surface area contributed by atoms with Crippen LogP contribution in [0, 0.1) is 0 Å². The van der Waals surface area contributed by atoms with Crippen molar-refractivity contribution in [2.45, 2.75) is 12.7 Å². The third-order valence-electron chi connectivity index (χ3n) is 3.97. The van der Waals surface area contributed by atoms with Gasteiger partial charge in [-0.05, 0) is 36.4 Å². The molecule has 0 aliphatic carbocycles. The molecule has 0 radical (unpaired) electrons. The van der Waals surface area contributed by atoms with Gasteiger partial charge in [0.15, 0.2) is 18.0 Å². The third-order valence-corrected chi connectivity index (χ3v) is 4.30. The van der Waals surface area contributed by atoms with Crippen molar-refractivity contribution in [3.8, 4) is 11.5 Å². The van der Waals surface area contributed by atoms with Gasteiger partial charge in [0.25, 0.3) is 5.91 Å². The largest absolute Gasteiger partial charge is 0.454 e. The van der Waals surface area contributed by atoms with Crippen LogP contribution in [0.2, 0.25) is 5.02 Å². The summed E-state index contributed by atoms with van der Waals surface area (Å²) < 4.78 is 49.0. The summed E-state index contributed by atoms with van der Waals surface area (Å²) >= 11 is 5.90. The lowest BCUT2D eigenvalue weighted by Crippen LogP contribution is -3.08. The molecule has 0 fully saturated rings. The number of quaternary nitrogens is 1. The van der Waals surface area contributed by atoms with E-state index in [1.807, 2.05) is 12.1 Å². The minimum atomic E-state index is -4.51. The van der Waals surface area contributed by atoms with Crippen LogP contribution in [0.3, 0.4) is 0 Å². The lowest BCUT2D eigenvalue weighted by atomic mass is 10.2. The number of nitrogens with one attached hydrogen (secondary N) is 2. The number of rotatable bonds is 5. The number of hydrogen-bond acceptors (Lipinski definition) is 3. The zero-order valence-corrected chi connectivity index (χ0v) is 15.1. The second-order valence-corrected chi connectivity index (χ2v) is 6.65. The summed E-state index contributed by atoms with van der Waals surface area (Å²) in [5.74, 6) is 0.892. The Morgan fingerprint density at radius 1 is 1.19 bits per heavy atom. The van der Waals surface area contributed by atoms with Crippen molar-refractivity contribution in [2.75, 3.05) is 25.7 Å². The van der Waals surface area contributed by atoms with Crippen molar-refractivity contribution < 1.29 is 32.3 Å². The number of halogens is 4. The van der Waals surface area contributed by atoms with Gasteiger partial charge in [0.2, 0.25) is 6.79 Å². The maximum atomic E-state index is 12.8. The highest BCUT2D eigenvalue weighted by Crippen LogP contribution is 2.34. The Bertz CT molecular complexity index is 858. The molecule has 1 unspecified atom stereocenters. The lowest BCUT2D eigenvalue weighted by Gasteiger charge is -2.15. The minimum Gasteiger partial charge on any atom is -0.454 e. The molecule has 1 atom stereocenters. The summed E-state index contributed by atoms with van der Waals surface area (Å²) in [6.45, 7) is 0.767. The van der Waals surface area contributed by atoms with E-state index in [4.69, 9.17) is 21.1 Å². The molecule has 2 aromatic rings. The molecule has 1 heterocycles. The molecule has 0 saturated carbocycles. The number of alkyl halides is 3. The number of benzene rings is 2. The van der Waals surface area contributed by atoms with Crippen LogP contribution in [-0.4, -0.2) is 26.3 Å². The predicted octanol–water partition coefficient (Wildman–Crippen LogP) is 2.74. The summed E-state index contributed by atoms with van der Waals surface area (Å²) in [6.07, 6.45) is -4.51. The van der Waals surface area contributed by atoms with Crippen LogP contribution in [0.25, 0.3) is 0 Å². The smallest absolute Gasteiger partial charge is 0.416 e. The van der Waals surface area contributed by atoms with Gasteiger partial charge in [0, 0.05) is 5.56 Å². The first-order chi connectivity index (χ1) is 12.7. The highest BCUT2D eigenvalue weighted by molar-refractivity contribution is 6.33. The van der Waals surface area contributed by atoms with Crippen molar-refractivity contribution in [3.05, 3.63) is 52.5 Å². The Morgan fingerprint density at radius 2 is 1.93 bits per heavy atom. The number of anilines is 1. The van der Waals surface area contributed by atoms with Crippen LogP contribution in [0.5, 0.6) is 11.5 Å². The van der Waals surface area contributed by atoms with Gasteiger partial charge in [0.05, 0.1) is 23.3 Å². The van der Waals surface area contributed by atoms with E-state index in [1.165, 1.54) is 0 Å². The molecule has 3 rings (SSSR count). The monoisotopic (exact) mass is 401 g/mol. The molecule has 1 aliphatic heterocycles. The second kappa shape index (κ2) is 7.66. The number of amides is 1. The summed E-state index contributed by atoms with van der Waals surface area (Å²) in [5, 5.41) is 2.49. The molecule has 144 valence electrons. The molecule has 0 saturated heterocycles. The van der Waals surface area contributed by atoms with E-state index in [-0.39, 0.29) is 24.0 Å². The first-order valence-corrected chi connectivity index (χ1v) is 8.46. The average Bonchev–Trinajstić information content (AvgIpc) is 3.03. The summed E-state index contributed by atoms with van der Waals surface area (Å²) in [4.78, 5) is 13.0. The lowest BCUT2D eigenvalue weighted by molar-refractivity contribution is -0.885. The molecule has 5 nitrogen and oxygen atoms in total. The fourth-order valence-electron chi connectivity index (χ4n) is 2.73. The van der Waals surface area contributed by atoms with E-state index in [0.29, 0.717) is 18.0 Å². The molecule has 27 heavy (non-hydrogen) atoms. The third kappa shape index (κ3) is 4.84. The molecule has 1 amide bonds. The van der Waals surface area contributed by atoms with Gasteiger partial charge >= 0.3 is 6.18 Å². The number of hydrogen-bond donors (Lipinski definition) is 2. The summed E-state index contributed by atoms with van der Waals surface area (Å²) in [5.41, 5.74) is 0.0114. The zero-order chi connectivity index (χ0) is 19.6. The molecular weight excluding hydrogens is 385 g/mol. The van der Waals surface area contributed by atoms with E-state index in [9.17, 15) is 18.0 Å². The van der Waals surface area contributed by atoms with Gasteiger partial charge in [-0.2, -0.15) is 13.2 Å². The Balaban J connectivity index is 1.60. The summed E-state index contributed by atoms with van der Waals surface area (Å²) in [6, 6.07) is 8.32. The average molecular weight is 402 g/mol. The van der Waals surface area contributed by atoms with Crippen LogP contribution < -0.4 is 19.7 Å². The fourth-order valence-corrected chi connectivity index (χ4v) is 2.89. The molecule has 0 bridgehead atoms. The van der Waals surface area contributed by atoms with E-state index < -0.39 is 17.6 Å². The fraction of sp³-hybridized carbons (Fsp3) is 0.278. The first-order valence-electron chi connectivity index (χ1n) is 8.09. The van der Waals surface area contributed by atoms with E-state index in [0.717, 1.165) is 28.7 Å². The van der Waals surface area contributed by atoms with Crippen LogP contribution >= 0.6 is 11.6 Å². The highest BCUT2D eigenvalue weighted by Gasteiger charge is 2.31. The molecule has 9 heteroatoms. The zero-order valence-electron chi connectivity index (χ0n) is 14.3. The normalized spacial score (nSPS) is 14.1. The van der Waals surface area contributed by atoms with Gasteiger partial charge in [-0.15, -0.1) is 0 Å². The van der Waals surface area contributed by atoms with Crippen molar-refractivity contribution >= 4 is 23.2 Å². The minimum absolute atomic E-state index is 0.0461. The molecule has 2 aromatic carbocycles. The number of likely N-dealkylation sites (N-methyl/N-ethyl adjacent to an activating group) is 1. The van der Waals surface area contributed by atoms with Crippen LogP contribution in [-0.2, 0) is 17.5 Å². The van der Waals surface area contributed by atoms with Crippen LogP contribution in [0.1, 0.15) is 11.1 Å². The number of ether oxygens (including phenoxy) is 2. The molecule has 0 aromatic heterocycles. The van der Waals surface area contributed by atoms with Gasteiger partial charge in [0.1, 0.15) is 6.54 Å². The Hall–Kier alpha value is -2.45. The molecule has 1 aliphatic rings. The topological polar surface area (TPSA) is 52.0 Å². The van der Waals surface area contributed by atoms with Crippen molar-refractivity contribution in [2.24, 2.45) is 0 Å². The molecule has 0 spiro atoms. The highest BCUT2D eigenvalue weighted by atomic mass is 35.5. The number of fused-ring (bicyclic) bond motifs is 1. The second-order valence-electron chi connectivity index (χ2n) is 6.24. The Morgan fingerprint density at radius 3 is 2.67 bits per heavy atom. The molecular formula is C18H17ClF3N2O3+. The Kier molecular flexibility index (Phi) is 5.48. The van der Waals surface area contributed by atoms with Crippen LogP contribution in [0.15, 0.2) is 36.4 Å². The quantitative estimate of drug-likeness (QED) is 0.810. The number of carbonyl (C=O) groups excluding carboxylic acids is 1. The predicted molar refractivity (Wildman–Crippen MR) is 93.1 cm³/mol. The van der Waals surface area contributed by atoms with Gasteiger partial charge in [-0.25, -0.2) is 0 Å². The van der Waals surface area contributed by atoms with Crippen molar-refractivity contribution in [1.82, 2.24) is 0 Å². The summed E-state index contributed by atoms with van der Waals surface area (Å²) in [7, 11) is 1.80. The number of carbonyl (C=O) groups is 1. The van der Waals surface area contributed by atoms with Gasteiger partial charge in [-0.3, -0.25) is 4.79 Å². The van der Waals surface area contributed by atoms with Gasteiger partial charge < -0.3 is 19.7 Å². The Labute approximate surface area is 158 Å². The van der Waals surface area contributed by atoms with E-state index in [2.05, 4.69) is 5.32 Å². The van der Waals surface area contributed by atoms with Gasteiger partial charge in [-0.1, -0.05) is 11.6 Å². The first kappa shape index (κ1) is 19.3. The maximum absolute atomic E-state index is 12.8. The maximum Gasteiger partial charge on any atom is 0.416 e. The van der Waals surface area contributed by atoms with Crippen molar-refractivity contribution in [3.63, 3.8) is 0 Å². The SMILES string of the molecule is C[NH+](CC(=O)Nc1cc(C(F)(F)F)ccc1Cl)Cc1ccc2c(c1)OCO2.